The molecule has 0 saturated heterocycles. The standard InChI is InChI=1S/C15H18O3S/c1-12(2)18-9-10-19(16,17)15-8-7-13-5-3-4-6-14(13)11-15/h3-8,11-12H,9-10H2,1-2H3. The van der Waals surface area contributed by atoms with Gasteiger partial charge >= 0.3 is 0 Å². The van der Waals surface area contributed by atoms with Crippen molar-refractivity contribution in [1.82, 2.24) is 0 Å². The summed E-state index contributed by atoms with van der Waals surface area (Å²) in [5.74, 6) is 0.0174. The van der Waals surface area contributed by atoms with Crippen molar-refractivity contribution < 1.29 is 13.2 Å². The van der Waals surface area contributed by atoms with Crippen LogP contribution in [0.1, 0.15) is 13.8 Å². The first-order valence-corrected chi connectivity index (χ1v) is 7.97. The molecular weight excluding hydrogens is 260 g/mol. The number of ether oxygens (including phenoxy) is 1. The van der Waals surface area contributed by atoms with Crippen LogP contribution in [0.4, 0.5) is 0 Å². The molecule has 0 radical (unpaired) electrons. The largest absolute Gasteiger partial charge is 0.378 e. The molecule has 0 unspecified atom stereocenters. The van der Waals surface area contributed by atoms with Crippen molar-refractivity contribution in [1.29, 1.82) is 0 Å². The first-order chi connectivity index (χ1) is 8.99. The topological polar surface area (TPSA) is 43.4 Å². The lowest BCUT2D eigenvalue weighted by Crippen LogP contribution is -2.15. The average Bonchev–Trinajstić information content (AvgIpc) is 2.37. The van der Waals surface area contributed by atoms with Crippen LogP contribution in [0.2, 0.25) is 0 Å². The molecular formula is C15H18O3S. The van der Waals surface area contributed by atoms with Crippen LogP contribution in [0, 0.1) is 0 Å². The average molecular weight is 278 g/mol. The number of hydrogen-bond donors (Lipinski definition) is 0. The van der Waals surface area contributed by atoms with Gasteiger partial charge in [-0.3, -0.25) is 0 Å². The Morgan fingerprint density at radius 3 is 2.42 bits per heavy atom. The summed E-state index contributed by atoms with van der Waals surface area (Å²) < 4.78 is 29.7. The zero-order valence-corrected chi connectivity index (χ0v) is 12.0. The van der Waals surface area contributed by atoms with E-state index in [1.54, 1.807) is 12.1 Å². The SMILES string of the molecule is CC(C)OCCS(=O)(=O)c1ccc2ccccc2c1. The minimum atomic E-state index is -3.27. The third-order valence-electron chi connectivity index (χ3n) is 2.88. The summed E-state index contributed by atoms with van der Waals surface area (Å²) in [6.45, 7) is 4.01. The maximum absolute atomic E-state index is 12.2. The van der Waals surface area contributed by atoms with E-state index in [0.29, 0.717) is 4.90 Å². The molecule has 0 bridgehead atoms. The molecule has 4 heteroatoms. The summed E-state index contributed by atoms with van der Waals surface area (Å²) >= 11 is 0. The van der Waals surface area contributed by atoms with Crippen LogP contribution in [0.15, 0.2) is 47.4 Å². The Morgan fingerprint density at radius 1 is 1.05 bits per heavy atom. The highest BCUT2D eigenvalue weighted by Crippen LogP contribution is 2.19. The van der Waals surface area contributed by atoms with Crippen LogP contribution in [-0.4, -0.2) is 26.9 Å². The second-order valence-electron chi connectivity index (χ2n) is 4.75. The van der Waals surface area contributed by atoms with E-state index in [4.69, 9.17) is 4.74 Å². The molecule has 0 atom stereocenters. The maximum atomic E-state index is 12.2. The Balaban J connectivity index is 2.22. The molecule has 2 rings (SSSR count). The summed E-state index contributed by atoms with van der Waals surface area (Å²) in [6, 6.07) is 12.9. The summed E-state index contributed by atoms with van der Waals surface area (Å²) in [5.41, 5.74) is 0. The summed E-state index contributed by atoms with van der Waals surface area (Å²) in [5, 5.41) is 1.98. The second-order valence-corrected chi connectivity index (χ2v) is 6.86. The van der Waals surface area contributed by atoms with E-state index in [0.717, 1.165) is 10.8 Å². The first kappa shape index (κ1) is 14.0. The lowest BCUT2D eigenvalue weighted by molar-refractivity contribution is 0.0912. The van der Waals surface area contributed by atoms with Gasteiger partial charge in [-0.05, 0) is 36.8 Å². The Kier molecular flexibility index (Phi) is 4.22. The van der Waals surface area contributed by atoms with Gasteiger partial charge in [0.1, 0.15) is 0 Å². The molecule has 0 aliphatic heterocycles. The van der Waals surface area contributed by atoms with E-state index < -0.39 is 9.84 Å². The van der Waals surface area contributed by atoms with Crippen molar-refractivity contribution in [2.24, 2.45) is 0 Å². The van der Waals surface area contributed by atoms with Crippen molar-refractivity contribution in [3.8, 4) is 0 Å². The van der Waals surface area contributed by atoms with Gasteiger partial charge in [0.05, 0.1) is 23.4 Å². The highest BCUT2D eigenvalue weighted by molar-refractivity contribution is 7.91. The first-order valence-electron chi connectivity index (χ1n) is 6.32. The monoisotopic (exact) mass is 278 g/mol. The van der Waals surface area contributed by atoms with Crippen molar-refractivity contribution in [3.63, 3.8) is 0 Å². The van der Waals surface area contributed by atoms with Crippen LogP contribution in [0.5, 0.6) is 0 Å². The molecule has 0 spiro atoms. The molecule has 0 heterocycles. The maximum Gasteiger partial charge on any atom is 0.180 e. The van der Waals surface area contributed by atoms with Crippen molar-refractivity contribution in [2.45, 2.75) is 24.8 Å². The van der Waals surface area contributed by atoms with Crippen LogP contribution in [-0.2, 0) is 14.6 Å². The molecule has 0 aliphatic carbocycles. The second kappa shape index (κ2) is 5.72. The van der Waals surface area contributed by atoms with E-state index in [2.05, 4.69) is 0 Å². The van der Waals surface area contributed by atoms with Crippen LogP contribution >= 0.6 is 0 Å². The molecule has 0 saturated carbocycles. The smallest absolute Gasteiger partial charge is 0.180 e. The third-order valence-corrected chi connectivity index (χ3v) is 4.56. The molecule has 3 nitrogen and oxygen atoms in total. The minimum absolute atomic E-state index is 0.0174. The van der Waals surface area contributed by atoms with E-state index in [-0.39, 0.29) is 18.5 Å². The van der Waals surface area contributed by atoms with Gasteiger partial charge in [0.25, 0.3) is 0 Å². The number of hydrogen-bond acceptors (Lipinski definition) is 3. The molecule has 0 aromatic heterocycles. The van der Waals surface area contributed by atoms with Gasteiger partial charge in [-0.25, -0.2) is 8.42 Å². The quantitative estimate of drug-likeness (QED) is 0.844. The Labute approximate surface area is 114 Å². The highest BCUT2D eigenvalue weighted by Gasteiger charge is 2.14. The van der Waals surface area contributed by atoms with Gasteiger partial charge in [0.15, 0.2) is 9.84 Å². The fraction of sp³-hybridized carbons (Fsp3) is 0.333. The number of fused-ring (bicyclic) bond motifs is 1. The van der Waals surface area contributed by atoms with Gasteiger partial charge in [0, 0.05) is 0 Å². The van der Waals surface area contributed by atoms with Gasteiger partial charge in [-0.1, -0.05) is 30.3 Å². The van der Waals surface area contributed by atoms with Crippen molar-refractivity contribution >= 4 is 20.6 Å². The number of sulfone groups is 1. The van der Waals surface area contributed by atoms with Gasteiger partial charge < -0.3 is 4.74 Å². The molecule has 0 fully saturated rings. The zero-order chi connectivity index (χ0) is 13.9. The minimum Gasteiger partial charge on any atom is -0.378 e. The molecule has 0 amide bonds. The normalized spacial score (nSPS) is 12.2. The fourth-order valence-electron chi connectivity index (χ4n) is 1.87. The zero-order valence-electron chi connectivity index (χ0n) is 11.2. The van der Waals surface area contributed by atoms with Crippen LogP contribution in [0.3, 0.4) is 0 Å². The molecule has 0 aliphatic rings. The van der Waals surface area contributed by atoms with E-state index in [1.807, 2.05) is 44.2 Å². The van der Waals surface area contributed by atoms with Gasteiger partial charge in [-0.15, -0.1) is 0 Å². The van der Waals surface area contributed by atoms with E-state index in [1.165, 1.54) is 0 Å². The number of rotatable bonds is 5. The molecule has 102 valence electrons. The van der Waals surface area contributed by atoms with E-state index >= 15 is 0 Å². The molecule has 2 aromatic rings. The van der Waals surface area contributed by atoms with Gasteiger partial charge in [0.2, 0.25) is 0 Å². The van der Waals surface area contributed by atoms with E-state index in [9.17, 15) is 8.42 Å². The molecule has 2 aromatic carbocycles. The Morgan fingerprint density at radius 2 is 1.74 bits per heavy atom. The van der Waals surface area contributed by atoms with Gasteiger partial charge in [-0.2, -0.15) is 0 Å². The van der Waals surface area contributed by atoms with Crippen LogP contribution in [0.25, 0.3) is 10.8 Å². The summed E-state index contributed by atoms with van der Waals surface area (Å²) in [4.78, 5) is 0.360. The van der Waals surface area contributed by atoms with Crippen molar-refractivity contribution in [2.75, 3.05) is 12.4 Å². The Hall–Kier alpha value is -1.39. The summed E-state index contributed by atoms with van der Waals surface area (Å²) in [7, 11) is -3.27. The van der Waals surface area contributed by atoms with Crippen molar-refractivity contribution in [3.05, 3.63) is 42.5 Å². The number of benzene rings is 2. The Bertz CT molecular complexity index is 660. The lowest BCUT2D eigenvalue weighted by Gasteiger charge is -2.09. The predicted octanol–water partition coefficient (Wildman–Crippen LogP) is 3.04. The lowest BCUT2D eigenvalue weighted by atomic mass is 10.1. The fourth-order valence-corrected chi connectivity index (χ4v) is 3.01. The molecule has 19 heavy (non-hydrogen) atoms. The third kappa shape index (κ3) is 3.55. The predicted molar refractivity (Wildman–Crippen MR) is 77.1 cm³/mol. The molecule has 0 N–H and O–H groups in total. The van der Waals surface area contributed by atoms with Crippen LogP contribution < -0.4 is 0 Å². The summed E-state index contributed by atoms with van der Waals surface area (Å²) in [6.07, 6.45) is 0.0480. The highest BCUT2D eigenvalue weighted by atomic mass is 32.2.